The van der Waals surface area contributed by atoms with Gasteiger partial charge in [0.2, 0.25) is 0 Å². The molecule has 2 heterocycles. The summed E-state index contributed by atoms with van der Waals surface area (Å²) in [7, 11) is 0. The molecule has 0 radical (unpaired) electrons. The summed E-state index contributed by atoms with van der Waals surface area (Å²) in [6, 6.07) is 10.2. The lowest BCUT2D eigenvalue weighted by molar-refractivity contribution is 0.535. The summed E-state index contributed by atoms with van der Waals surface area (Å²) in [5.41, 5.74) is 2.21. The SMILES string of the molecule is CC(C)(c1ccc(Cl)cc1)c1cc2n(n1)CCCN2. The highest BCUT2D eigenvalue weighted by Crippen LogP contribution is 2.33. The first kappa shape index (κ1) is 12.5. The topological polar surface area (TPSA) is 29.9 Å². The molecule has 0 atom stereocenters. The van der Waals surface area contributed by atoms with Gasteiger partial charge in [-0.25, -0.2) is 4.68 Å². The van der Waals surface area contributed by atoms with Crippen molar-refractivity contribution < 1.29 is 0 Å². The van der Waals surface area contributed by atoms with Gasteiger partial charge in [-0.15, -0.1) is 0 Å². The smallest absolute Gasteiger partial charge is 0.124 e. The van der Waals surface area contributed by atoms with Crippen molar-refractivity contribution in [1.29, 1.82) is 0 Å². The fourth-order valence-corrected chi connectivity index (χ4v) is 2.62. The van der Waals surface area contributed by atoms with Gasteiger partial charge in [-0.3, -0.25) is 0 Å². The second kappa shape index (κ2) is 4.57. The molecule has 0 fully saturated rings. The van der Waals surface area contributed by atoms with E-state index in [1.165, 1.54) is 5.56 Å². The molecule has 0 bridgehead atoms. The fraction of sp³-hybridized carbons (Fsp3) is 0.400. The van der Waals surface area contributed by atoms with E-state index in [9.17, 15) is 0 Å². The number of aryl methyl sites for hydroxylation is 1. The maximum Gasteiger partial charge on any atom is 0.124 e. The van der Waals surface area contributed by atoms with Crippen LogP contribution in [0.2, 0.25) is 5.02 Å². The van der Waals surface area contributed by atoms with Crippen LogP contribution in [0.15, 0.2) is 30.3 Å². The Kier molecular flexibility index (Phi) is 3.02. The average Bonchev–Trinajstić information content (AvgIpc) is 2.83. The van der Waals surface area contributed by atoms with Crippen molar-refractivity contribution in [3.05, 3.63) is 46.6 Å². The summed E-state index contributed by atoms with van der Waals surface area (Å²) >= 11 is 5.96. The van der Waals surface area contributed by atoms with E-state index >= 15 is 0 Å². The number of aromatic nitrogens is 2. The molecule has 100 valence electrons. The predicted molar refractivity (Wildman–Crippen MR) is 78.9 cm³/mol. The third kappa shape index (κ3) is 2.23. The normalized spacial score (nSPS) is 14.9. The average molecular weight is 276 g/mol. The Bertz CT molecular complexity index is 560. The van der Waals surface area contributed by atoms with Crippen LogP contribution in [0.3, 0.4) is 0 Å². The minimum Gasteiger partial charge on any atom is -0.370 e. The molecule has 1 aromatic carbocycles. The van der Waals surface area contributed by atoms with Crippen LogP contribution in [-0.4, -0.2) is 16.3 Å². The Morgan fingerprint density at radius 3 is 2.68 bits per heavy atom. The standard InChI is InChI=1S/C15H18ClN3/c1-15(2,11-4-6-12(16)7-5-11)13-10-14-17-8-3-9-19(14)18-13/h4-7,10,17H,3,8-9H2,1-2H3. The molecule has 0 unspecified atom stereocenters. The summed E-state index contributed by atoms with van der Waals surface area (Å²) in [6.07, 6.45) is 1.13. The van der Waals surface area contributed by atoms with Crippen molar-refractivity contribution in [1.82, 2.24) is 9.78 Å². The molecule has 19 heavy (non-hydrogen) atoms. The van der Waals surface area contributed by atoms with Gasteiger partial charge >= 0.3 is 0 Å². The van der Waals surface area contributed by atoms with Crippen molar-refractivity contribution in [2.75, 3.05) is 11.9 Å². The first-order valence-corrected chi connectivity index (χ1v) is 7.03. The van der Waals surface area contributed by atoms with E-state index in [-0.39, 0.29) is 5.41 Å². The molecule has 0 amide bonds. The zero-order valence-electron chi connectivity index (χ0n) is 11.3. The summed E-state index contributed by atoms with van der Waals surface area (Å²) in [5, 5.41) is 8.91. The molecule has 1 N–H and O–H groups in total. The Morgan fingerprint density at radius 2 is 2.00 bits per heavy atom. The van der Waals surface area contributed by atoms with E-state index in [1.54, 1.807) is 0 Å². The third-order valence-corrected chi connectivity index (χ3v) is 4.09. The molecule has 3 rings (SSSR count). The molecule has 1 aliphatic rings. The lowest BCUT2D eigenvalue weighted by Gasteiger charge is -2.23. The number of nitrogens with zero attached hydrogens (tertiary/aromatic N) is 2. The van der Waals surface area contributed by atoms with Gasteiger partial charge in [0.15, 0.2) is 0 Å². The third-order valence-electron chi connectivity index (χ3n) is 3.84. The van der Waals surface area contributed by atoms with Crippen molar-refractivity contribution in [3.8, 4) is 0 Å². The lowest BCUT2D eigenvalue weighted by atomic mass is 9.81. The van der Waals surface area contributed by atoms with Gasteiger partial charge in [0, 0.05) is 29.6 Å². The number of benzene rings is 1. The van der Waals surface area contributed by atoms with Crippen molar-refractivity contribution in [2.24, 2.45) is 0 Å². The Hall–Kier alpha value is -1.48. The molecular weight excluding hydrogens is 258 g/mol. The predicted octanol–water partition coefficient (Wildman–Crippen LogP) is 3.68. The number of halogens is 1. The Morgan fingerprint density at radius 1 is 1.26 bits per heavy atom. The van der Waals surface area contributed by atoms with Gasteiger partial charge in [0.25, 0.3) is 0 Å². The fourth-order valence-electron chi connectivity index (χ4n) is 2.49. The van der Waals surface area contributed by atoms with E-state index in [1.807, 2.05) is 12.1 Å². The van der Waals surface area contributed by atoms with Crippen molar-refractivity contribution in [2.45, 2.75) is 32.2 Å². The van der Waals surface area contributed by atoms with E-state index in [0.29, 0.717) is 0 Å². The number of rotatable bonds is 2. The zero-order chi connectivity index (χ0) is 13.5. The van der Waals surface area contributed by atoms with Gasteiger partial charge in [-0.05, 0) is 24.1 Å². The molecule has 1 aliphatic heterocycles. The molecule has 0 aliphatic carbocycles. The second-order valence-electron chi connectivity index (χ2n) is 5.55. The van der Waals surface area contributed by atoms with Crippen LogP contribution in [0, 0.1) is 0 Å². The molecule has 3 nitrogen and oxygen atoms in total. The highest BCUT2D eigenvalue weighted by molar-refractivity contribution is 6.30. The minimum absolute atomic E-state index is 0.114. The molecule has 0 spiro atoms. The van der Waals surface area contributed by atoms with Gasteiger partial charge in [0.05, 0.1) is 5.69 Å². The molecule has 0 saturated carbocycles. The minimum atomic E-state index is -0.114. The lowest BCUT2D eigenvalue weighted by Crippen LogP contribution is -2.20. The molecule has 4 heteroatoms. The maximum atomic E-state index is 5.96. The van der Waals surface area contributed by atoms with Crippen molar-refractivity contribution >= 4 is 17.4 Å². The number of hydrogen-bond acceptors (Lipinski definition) is 2. The zero-order valence-corrected chi connectivity index (χ0v) is 12.0. The highest BCUT2D eigenvalue weighted by Gasteiger charge is 2.27. The van der Waals surface area contributed by atoms with E-state index < -0.39 is 0 Å². The van der Waals surface area contributed by atoms with E-state index in [4.69, 9.17) is 16.7 Å². The van der Waals surface area contributed by atoms with Crippen molar-refractivity contribution in [3.63, 3.8) is 0 Å². The quantitative estimate of drug-likeness (QED) is 0.906. The summed E-state index contributed by atoms with van der Waals surface area (Å²) < 4.78 is 2.07. The van der Waals surface area contributed by atoms with E-state index in [0.717, 1.165) is 36.0 Å². The van der Waals surface area contributed by atoms with Crippen LogP contribution < -0.4 is 5.32 Å². The van der Waals surface area contributed by atoms with Crippen LogP contribution in [0.4, 0.5) is 5.82 Å². The number of nitrogens with one attached hydrogen (secondary N) is 1. The van der Waals surface area contributed by atoms with E-state index in [2.05, 4.69) is 42.0 Å². The first-order valence-electron chi connectivity index (χ1n) is 6.65. The maximum absolute atomic E-state index is 5.96. The summed E-state index contributed by atoms with van der Waals surface area (Å²) in [6.45, 7) is 6.43. The molecule has 1 aromatic heterocycles. The monoisotopic (exact) mass is 275 g/mol. The largest absolute Gasteiger partial charge is 0.370 e. The van der Waals surface area contributed by atoms with Crippen LogP contribution in [0.5, 0.6) is 0 Å². The second-order valence-corrected chi connectivity index (χ2v) is 5.99. The summed E-state index contributed by atoms with van der Waals surface area (Å²) in [5.74, 6) is 1.13. The highest BCUT2D eigenvalue weighted by atomic mass is 35.5. The Labute approximate surface area is 118 Å². The molecule has 2 aromatic rings. The van der Waals surface area contributed by atoms with Gasteiger partial charge in [0.1, 0.15) is 5.82 Å². The van der Waals surface area contributed by atoms with Gasteiger partial charge < -0.3 is 5.32 Å². The number of anilines is 1. The summed E-state index contributed by atoms with van der Waals surface area (Å²) in [4.78, 5) is 0. The molecular formula is C15H18ClN3. The van der Waals surface area contributed by atoms with Gasteiger partial charge in [-0.2, -0.15) is 5.10 Å². The van der Waals surface area contributed by atoms with Crippen LogP contribution >= 0.6 is 11.6 Å². The Balaban J connectivity index is 1.99. The van der Waals surface area contributed by atoms with Crippen LogP contribution in [-0.2, 0) is 12.0 Å². The number of hydrogen-bond donors (Lipinski definition) is 1. The van der Waals surface area contributed by atoms with Crippen LogP contribution in [0.25, 0.3) is 0 Å². The first-order chi connectivity index (χ1) is 9.07. The molecule has 0 saturated heterocycles. The van der Waals surface area contributed by atoms with Crippen LogP contribution in [0.1, 0.15) is 31.5 Å². The van der Waals surface area contributed by atoms with Gasteiger partial charge in [-0.1, -0.05) is 37.6 Å². The number of fused-ring (bicyclic) bond motifs is 1.